The van der Waals surface area contributed by atoms with Gasteiger partial charge in [0.05, 0.1) is 24.2 Å². The lowest BCUT2D eigenvalue weighted by Crippen LogP contribution is -2.43. The van der Waals surface area contributed by atoms with Crippen molar-refractivity contribution in [1.29, 1.82) is 0 Å². The van der Waals surface area contributed by atoms with E-state index in [0.29, 0.717) is 10.1 Å². The molecule has 2 heterocycles. The highest BCUT2D eigenvalue weighted by Gasteiger charge is 2.13. The monoisotopic (exact) mass is 473 g/mol. The molecule has 1 fully saturated rings. The molecular weight excluding hydrogens is 446 g/mol. The summed E-state index contributed by atoms with van der Waals surface area (Å²) in [5.74, 6) is 2.27. The second-order valence-corrected chi connectivity index (χ2v) is 8.87. The normalized spacial score (nSPS) is 13.7. The van der Waals surface area contributed by atoms with Gasteiger partial charge in [0.25, 0.3) is 0 Å². The van der Waals surface area contributed by atoms with Gasteiger partial charge in [-0.3, -0.25) is 0 Å². The van der Waals surface area contributed by atoms with Crippen molar-refractivity contribution in [1.82, 2.24) is 5.32 Å². The summed E-state index contributed by atoms with van der Waals surface area (Å²) in [4.78, 5) is 2.36. The first-order valence-electron chi connectivity index (χ1n) is 10.6. The Hall–Kier alpha value is -2.61. The predicted molar refractivity (Wildman–Crippen MR) is 133 cm³/mol. The Morgan fingerprint density at radius 1 is 1.03 bits per heavy atom. The fraction of sp³-hybridized carbons (Fsp3) is 0.333. The van der Waals surface area contributed by atoms with Gasteiger partial charge >= 0.3 is 0 Å². The van der Waals surface area contributed by atoms with Crippen LogP contribution in [0.3, 0.4) is 0 Å². The lowest BCUT2D eigenvalue weighted by molar-refractivity contribution is 0.354. The van der Waals surface area contributed by atoms with Crippen LogP contribution in [0.2, 0.25) is 5.02 Å². The number of hydrogen-bond donors (Lipinski definition) is 2. The first kappa shape index (κ1) is 22.6. The number of ether oxygens (including phenoxy) is 3. The number of rotatable bonds is 9. The van der Waals surface area contributed by atoms with E-state index in [1.165, 1.54) is 22.6 Å². The molecule has 0 saturated carbocycles. The minimum atomic E-state index is 0.608. The van der Waals surface area contributed by atoms with Crippen molar-refractivity contribution in [2.75, 3.05) is 57.2 Å². The molecule has 1 aliphatic rings. The van der Waals surface area contributed by atoms with Crippen LogP contribution in [0.5, 0.6) is 22.3 Å². The van der Waals surface area contributed by atoms with E-state index in [-0.39, 0.29) is 0 Å². The van der Waals surface area contributed by atoms with Crippen molar-refractivity contribution in [2.45, 2.75) is 6.42 Å². The summed E-state index contributed by atoms with van der Waals surface area (Å²) in [6, 6.07) is 16.1. The molecule has 0 aliphatic carbocycles. The Kier molecular flexibility index (Phi) is 7.63. The third-order valence-electron chi connectivity index (χ3n) is 5.33. The number of anilines is 2. The molecule has 2 N–H and O–H groups in total. The lowest BCUT2D eigenvalue weighted by Gasteiger charge is -2.29. The number of methoxy groups -OCH3 is 2. The van der Waals surface area contributed by atoms with Gasteiger partial charge in [0.15, 0.2) is 11.5 Å². The molecule has 170 valence electrons. The molecular formula is C24H28ClN3O3S. The van der Waals surface area contributed by atoms with Gasteiger partial charge < -0.3 is 29.7 Å². The average molecular weight is 474 g/mol. The molecule has 3 aromatic rings. The fourth-order valence-corrected chi connectivity index (χ4v) is 4.82. The molecule has 0 spiro atoms. The minimum Gasteiger partial charge on any atom is -0.493 e. The Bertz CT molecular complexity index is 1040. The van der Waals surface area contributed by atoms with E-state index in [1.807, 2.05) is 36.4 Å². The number of piperazine rings is 1. The third kappa shape index (κ3) is 5.59. The van der Waals surface area contributed by atoms with Crippen LogP contribution >= 0.6 is 22.9 Å². The van der Waals surface area contributed by atoms with Crippen molar-refractivity contribution >= 4 is 33.6 Å². The molecule has 32 heavy (non-hydrogen) atoms. The molecule has 0 radical (unpaired) electrons. The lowest BCUT2D eigenvalue weighted by atomic mass is 10.1. The molecule has 0 amide bonds. The van der Waals surface area contributed by atoms with Crippen molar-refractivity contribution in [3.05, 3.63) is 59.1 Å². The van der Waals surface area contributed by atoms with Crippen LogP contribution in [0.1, 0.15) is 5.56 Å². The molecule has 4 rings (SSSR count). The summed E-state index contributed by atoms with van der Waals surface area (Å²) >= 11 is 7.96. The highest BCUT2D eigenvalue weighted by Crippen LogP contribution is 2.41. The van der Waals surface area contributed by atoms with Crippen LogP contribution in [0.25, 0.3) is 0 Å². The quantitative estimate of drug-likeness (QED) is 0.441. The largest absolute Gasteiger partial charge is 0.493 e. The van der Waals surface area contributed by atoms with Crippen molar-refractivity contribution in [3.63, 3.8) is 0 Å². The number of nitrogens with zero attached hydrogens (tertiary/aromatic N) is 1. The van der Waals surface area contributed by atoms with E-state index in [9.17, 15) is 0 Å². The van der Waals surface area contributed by atoms with Gasteiger partial charge in [0.2, 0.25) is 5.06 Å². The first-order chi connectivity index (χ1) is 15.7. The van der Waals surface area contributed by atoms with Crippen LogP contribution in [0.4, 0.5) is 10.7 Å². The fourth-order valence-electron chi connectivity index (χ4n) is 3.65. The first-order valence-corrected chi connectivity index (χ1v) is 11.8. The number of hydrogen-bond acceptors (Lipinski definition) is 7. The summed E-state index contributed by atoms with van der Waals surface area (Å²) in [5.41, 5.74) is 2.34. The standard InChI is InChI=1S/C24H28ClN3O3S/c1-29-21-7-6-17(14-22(21)30-2)8-9-27-23-16-20(25)24(32-23)31-19-5-3-4-18(15-19)28-12-10-26-11-13-28/h3-7,14-16,26-27H,8-13H2,1-2H3. The third-order valence-corrected chi connectivity index (χ3v) is 6.69. The molecule has 6 nitrogen and oxygen atoms in total. The Labute approximate surface area is 198 Å². The zero-order valence-corrected chi connectivity index (χ0v) is 19.9. The van der Waals surface area contributed by atoms with Gasteiger partial charge in [-0.2, -0.15) is 0 Å². The summed E-state index contributed by atoms with van der Waals surface area (Å²) in [6.07, 6.45) is 0.846. The van der Waals surface area contributed by atoms with Crippen LogP contribution in [0, 0.1) is 0 Å². The van der Waals surface area contributed by atoms with Crippen LogP contribution in [0.15, 0.2) is 48.5 Å². The van der Waals surface area contributed by atoms with E-state index in [4.69, 9.17) is 25.8 Å². The van der Waals surface area contributed by atoms with Crippen molar-refractivity contribution < 1.29 is 14.2 Å². The second-order valence-electron chi connectivity index (χ2n) is 7.45. The molecule has 8 heteroatoms. The van der Waals surface area contributed by atoms with Gasteiger partial charge in [-0.25, -0.2) is 0 Å². The smallest absolute Gasteiger partial charge is 0.201 e. The predicted octanol–water partition coefficient (Wildman–Crippen LogP) is 5.28. The van der Waals surface area contributed by atoms with Gasteiger partial charge in [-0.1, -0.05) is 35.1 Å². The van der Waals surface area contributed by atoms with Gasteiger partial charge in [-0.15, -0.1) is 0 Å². The van der Waals surface area contributed by atoms with Crippen molar-refractivity contribution in [2.24, 2.45) is 0 Å². The molecule has 1 aromatic heterocycles. The zero-order valence-electron chi connectivity index (χ0n) is 18.3. The van der Waals surface area contributed by atoms with E-state index < -0.39 is 0 Å². The van der Waals surface area contributed by atoms with Gasteiger partial charge in [0.1, 0.15) is 5.75 Å². The van der Waals surface area contributed by atoms with Crippen LogP contribution < -0.4 is 29.7 Å². The minimum absolute atomic E-state index is 0.608. The van der Waals surface area contributed by atoms with Crippen LogP contribution in [-0.2, 0) is 6.42 Å². The highest BCUT2D eigenvalue weighted by molar-refractivity contribution is 7.18. The number of thiophene rings is 1. The zero-order chi connectivity index (χ0) is 22.3. The maximum atomic E-state index is 6.45. The highest BCUT2D eigenvalue weighted by atomic mass is 35.5. The van der Waals surface area contributed by atoms with E-state index in [1.54, 1.807) is 14.2 Å². The van der Waals surface area contributed by atoms with Gasteiger partial charge in [0, 0.05) is 44.5 Å². The number of nitrogens with one attached hydrogen (secondary N) is 2. The van der Waals surface area contributed by atoms with Crippen LogP contribution in [-0.4, -0.2) is 46.9 Å². The Morgan fingerprint density at radius 3 is 2.62 bits per heavy atom. The molecule has 2 aromatic carbocycles. The number of halogens is 1. The summed E-state index contributed by atoms with van der Waals surface area (Å²) < 4.78 is 16.8. The maximum Gasteiger partial charge on any atom is 0.201 e. The molecule has 0 unspecified atom stereocenters. The SMILES string of the molecule is COc1ccc(CCNc2cc(Cl)c(Oc3cccc(N4CCNCC4)c3)s2)cc1OC. The summed E-state index contributed by atoms with van der Waals surface area (Å²) in [6.45, 7) is 4.76. The second kappa shape index (κ2) is 10.8. The molecule has 1 aliphatic heterocycles. The Balaban J connectivity index is 1.35. The summed E-state index contributed by atoms with van der Waals surface area (Å²) in [7, 11) is 3.29. The average Bonchev–Trinajstić information content (AvgIpc) is 3.18. The topological polar surface area (TPSA) is 55.0 Å². The van der Waals surface area contributed by atoms with E-state index in [2.05, 4.69) is 27.7 Å². The molecule has 1 saturated heterocycles. The van der Waals surface area contributed by atoms with Gasteiger partial charge in [-0.05, 0) is 42.3 Å². The van der Waals surface area contributed by atoms with Crippen molar-refractivity contribution in [3.8, 4) is 22.3 Å². The van der Waals surface area contributed by atoms with E-state index in [0.717, 1.165) is 61.4 Å². The maximum absolute atomic E-state index is 6.45. The molecule has 0 bridgehead atoms. The molecule has 0 atom stereocenters. The van der Waals surface area contributed by atoms with E-state index >= 15 is 0 Å². The number of benzene rings is 2. The Morgan fingerprint density at radius 2 is 1.84 bits per heavy atom. The summed E-state index contributed by atoms with van der Waals surface area (Å²) in [5, 5.41) is 9.09.